The van der Waals surface area contributed by atoms with Gasteiger partial charge in [-0.25, -0.2) is 0 Å². The smallest absolute Gasteiger partial charge is 0.245 e. The fourth-order valence-electron chi connectivity index (χ4n) is 5.52. The zero-order chi connectivity index (χ0) is 28.8. The van der Waals surface area contributed by atoms with Crippen molar-refractivity contribution >= 4 is 58.6 Å². The van der Waals surface area contributed by atoms with Crippen molar-refractivity contribution in [1.29, 1.82) is 0 Å². The zero-order valence-corrected chi connectivity index (χ0v) is 25.7. The first kappa shape index (κ1) is 31.0. The second-order valence-corrected chi connectivity index (χ2v) is 13.2. The van der Waals surface area contributed by atoms with Gasteiger partial charge in [0.2, 0.25) is 23.6 Å². The monoisotopic (exact) mass is 610 g/mol. The van der Waals surface area contributed by atoms with Gasteiger partial charge in [0.15, 0.2) is 0 Å². The van der Waals surface area contributed by atoms with E-state index in [1.54, 1.807) is 37.2 Å². The van der Waals surface area contributed by atoms with Gasteiger partial charge in [-0.15, -0.1) is 0 Å². The van der Waals surface area contributed by atoms with Gasteiger partial charge < -0.3 is 20.0 Å². The first-order valence-corrected chi connectivity index (χ1v) is 16.2. The molecule has 40 heavy (non-hydrogen) atoms. The molecule has 2 unspecified atom stereocenters. The molecule has 1 aliphatic carbocycles. The Kier molecular flexibility index (Phi) is 11.1. The zero-order valence-electron chi connectivity index (χ0n) is 23.4. The SMILES string of the molecule is CN(C(=O)CC1CC1)C1CCCCSCC2CCCN2C(=O)[C@H](Cc2cc(Cl)ccc2Cl)N(C)C(=O)CNC1=O. The second-order valence-electron chi connectivity index (χ2n) is 11.2. The molecule has 1 aromatic carbocycles. The van der Waals surface area contributed by atoms with Crippen LogP contribution in [-0.4, -0.2) is 95.1 Å². The Morgan fingerprint density at radius 2 is 1.88 bits per heavy atom. The van der Waals surface area contributed by atoms with Gasteiger partial charge in [0.25, 0.3) is 0 Å². The van der Waals surface area contributed by atoms with Crippen molar-refractivity contribution < 1.29 is 19.2 Å². The number of halogens is 2. The minimum absolute atomic E-state index is 0.0275. The fraction of sp³-hybridized carbons (Fsp3) is 0.655. The Balaban J connectivity index is 1.55. The lowest BCUT2D eigenvalue weighted by Crippen LogP contribution is -2.55. The topological polar surface area (TPSA) is 90.0 Å². The molecule has 8 nitrogen and oxygen atoms in total. The van der Waals surface area contributed by atoms with E-state index in [1.165, 1.54) is 4.90 Å². The number of hydrogen-bond acceptors (Lipinski definition) is 5. The highest BCUT2D eigenvalue weighted by Gasteiger charge is 2.37. The van der Waals surface area contributed by atoms with E-state index in [9.17, 15) is 19.2 Å². The largest absolute Gasteiger partial charge is 0.345 e. The van der Waals surface area contributed by atoms with Crippen molar-refractivity contribution in [2.75, 3.05) is 38.7 Å². The molecule has 220 valence electrons. The maximum absolute atomic E-state index is 14.0. The van der Waals surface area contributed by atoms with E-state index in [2.05, 4.69) is 5.32 Å². The highest BCUT2D eigenvalue weighted by atomic mass is 35.5. The molecular weight excluding hydrogens is 571 g/mol. The predicted molar refractivity (Wildman–Crippen MR) is 160 cm³/mol. The number of nitrogens with one attached hydrogen (secondary N) is 1. The van der Waals surface area contributed by atoms with Gasteiger partial charge >= 0.3 is 0 Å². The molecule has 4 rings (SSSR count). The summed E-state index contributed by atoms with van der Waals surface area (Å²) in [5.41, 5.74) is 0.687. The third-order valence-corrected chi connectivity index (χ3v) is 10.1. The van der Waals surface area contributed by atoms with E-state index in [-0.39, 0.29) is 42.6 Å². The van der Waals surface area contributed by atoms with Crippen LogP contribution >= 0.6 is 35.0 Å². The number of nitrogens with zero attached hydrogens (tertiary/aromatic N) is 3. The van der Waals surface area contributed by atoms with Crippen LogP contribution in [0.25, 0.3) is 0 Å². The van der Waals surface area contributed by atoms with Gasteiger partial charge in [0.05, 0.1) is 6.54 Å². The van der Waals surface area contributed by atoms with Crippen LogP contribution in [0.2, 0.25) is 10.0 Å². The number of carbonyl (C=O) groups excluding carboxylic acids is 4. The molecule has 0 aromatic heterocycles. The van der Waals surface area contributed by atoms with Crippen LogP contribution in [0, 0.1) is 5.92 Å². The summed E-state index contributed by atoms with van der Waals surface area (Å²) in [6.07, 6.45) is 6.93. The molecule has 1 saturated carbocycles. The molecule has 3 aliphatic rings. The van der Waals surface area contributed by atoms with E-state index in [4.69, 9.17) is 23.2 Å². The summed E-state index contributed by atoms with van der Waals surface area (Å²) >= 11 is 14.5. The number of hydrogen-bond donors (Lipinski definition) is 1. The van der Waals surface area contributed by atoms with E-state index in [0.717, 1.165) is 50.0 Å². The van der Waals surface area contributed by atoms with E-state index < -0.39 is 12.1 Å². The summed E-state index contributed by atoms with van der Waals surface area (Å²) in [7, 11) is 3.29. The summed E-state index contributed by atoms with van der Waals surface area (Å²) in [5.74, 6) is 1.32. The lowest BCUT2D eigenvalue weighted by atomic mass is 10.0. The van der Waals surface area contributed by atoms with Crippen LogP contribution in [0.1, 0.15) is 56.9 Å². The molecule has 3 fully saturated rings. The summed E-state index contributed by atoms with van der Waals surface area (Å²) in [6.45, 7) is 0.397. The molecular formula is C29H40Cl2N4O4S. The van der Waals surface area contributed by atoms with Crippen molar-refractivity contribution in [3.63, 3.8) is 0 Å². The third-order valence-electron chi connectivity index (χ3n) is 8.29. The van der Waals surface area contributed by atoms with Crippen molar-refractivity contribution in [1.82, 2.24) is 20.0 Å². The molecule has 2 heterocycles. The lowest BCUT2D eigenvalue weighted by Gasteiger charge is -2.34. The van der Waals surface area contributed by atoms with Gasteiger partial charge in [0, 0.05) is 55.3 Å². The lowest BCUT2D eigenvalue weighted by molar-refractivity contribution is -0.145. The molecule has 1 aromatic rings. The van der Waals surface area contributed by atoms with Gasteiger partial charge in [-0.1, -0.05) is 29.6 Å². The molecule has 2 saturated heterocycles. The van der Waals surface area contributed by atoms with Crippen LogP contribution in [-0.2, 0) is 25.6 Å². The standard InChI is InChI=1S/C29H40Cl2N4O4S/c1-33(26(36)14-19-8-9-19)24-7-3-4-13-40-18-22-6-5-12-35(22)29(39)25(34(2)27(37)17-32-28(24)38)16-20-15-21(30)10-11-23(20)31/h10-11,15,19,22,24-25H,3-9,12-14,16-18H2,1-2H3,(H,32,38)/t22?,24?,25-/m0/s1. The minimum Gasteiger partial charge on any atom is -0.345 e. The number of likely N-dealkylation sites (N-methyl/N-ethyl adjacent to an activating group) is 2. The number of fused-ring (bicyclic) bond motifs is 1. The van der Waals surface area contributed by atoms with Gasteiger partial charge in [-0.05, 0) is 74.0 Å². The van der Waals surface area contributed by atoms with Crippen molar-refractivity contribution in [3.05, 3.63) is 33.8 Å². The Hall–Kier alpha value is -1.97. The molecule has 1 N–H and O–H groups in total. The van der Waals surface area contributed by atoms with E-state index in [0.29, 0.717) is 40.9 Å². The van der Waals surface area contributed by atoms with Crippen LogP contribution in [0.15, 0.2) is 18.2 Å². The summed E-state index contributed by atoms with van der Waals surface area (Å²) in [5, 5.41) is 3.75. The highest BCUT2D eigenvalue weighted by Crippen LogP contribution is 2.33. The molecule has 0 spiro atoms. The Morgan fingerprint density at radius 3 is 2.62 bits per heavy atom. The van der Waals surface area contributed by atoms with Gasteiger partial charge in [-0.3, -0.25) is 19.2 Å². The molecule has 2 aliphatic heterocycles. The number of carbonyl (C=O) groups is 4. The second kappa shape index (κ2) is 14.3. The maximum atomic E-state index is 14.0. The third kappa shape index (κ3) is 8.07. The summed E-state index contributed by atoms with van der Waals surface area (Å²) in [4.78, 5) is 58.4. The molecule has 0 radical (unpaired) electrons. The van der Waals surface area contributed by atoms with E-state index in [1.807, 2.05) is 16.7 Å². The minimum atomic E-state index is -0.794. The Bertz CT molecular complexity index is 1100. The predicted octanol–water partition coefficient (Wildman–Crippen LogP) is 4.01. The molecule has 11 heteroatoms. The average Bonchev–Trinajstić information content (AvgIpc) is 3.63. The average molecular weight is 612 g/mol. The summed E-state index contributed by atoms with van der Waals surface area (Å²) in [6, 6.07) is 3.80. The van der Waals surface area contributed by atoms with Crippen LogP contribution in [0.5, 0.6) is 0 Å². The quantitative estimate of drug-likeness (QED) is 0.544. The first-order valence-electron chi connectivity index (χ1n) is 14.3. The van der Waals surface area contributed by atoms with Crippen LogP contribution in [0.3, 0.4) is 0 Å². The molecule has 3 atom stereocenters. The molecule has 4 amide bonds. The Labute approximate surface area is 251 Å². The molecule has 0 bridgehead atoms. The summed E-state index contributed by atoms with van der Waals surface area (Å²) < 4.78 is 0. The Morgan fingerprint density at radius 1 is 1.10 bits per heavy atom. The number of benzene rings is 1. The number of thioether (sulfide) groups is 1. The van der Waals surface area contributed by atoms with Gasteiger partial charge in [-0.2, -0.15) is 11.8 Å². The highest BCUT2D eigenvalue weighted by molar-refractivity contribution is 7.99. The number of amides is 4. The van der Waals surface area contributed by atoms with Crippen LogP contribution in [0.4, 0.5) is 0 Å². The normalized spacial score (nSPS) is 25.5. The number of rotatable bonds is 5. The van der Waals surface area contributed by atoms with Gasteiger partial charge in [0.1, 0.15) is 12.1 Å². The first-order chi connectivity index (χ1) is 19.2. The fourth-order valence-corrected chi connectivity index (χ4v) is 7.10. The van der Waals surface area contributed by atoms with Crippen molar-refractivity contribution in [3.8, 4) is 0 Å². The van der Waals surface area contributed by atoms with Crippen LogP contribution < -0.4 is 5.32 Å². The maximum Gasteiger partial charge on any atom is 0.245 e. The van der Waals surface area contributed by atoms with Crippen molar-refractivity contribution in [2.24, 2.45) is 5.92 Å². The van der Waals surface area contributed by atoms with Crippen molar-refractivity contribution in [2.45, 2.75) is 75.9 Å². The van der Waals surface area contributed by atoms with E-state index >= 15 is 0 Å².